The molecule has 1 saturated carbocycles. The van der Waals surface area contributed by atoms with E-state index in [2.05, 4.69) is 32.2 Å². The summed E-state index contributed by atoms with van der Waals surface area (Å²) in [6.45, 7) is 13.8. The summed E-state index contributed by atoms with van der Waals surface area (Å²) in [6, 6.07) is 11.3. The Balaban J connectivity index is 1.48. The first-order valence-corrected chi connectivity index (χ1v) is 24.0. The summed E-state index contributed by atoms with van der Waals surface area (Å²) < 4.78 is 32.3. The third kappa shape index (κ3) is 11.9. The number of oxime groups is 1. The molecule has 0 radical (unpaired) electrons. The number of ether oxygens (including phenoxy) is 5. The molecule has 0 bridgehead atoms. The summed E-state index contributed by atoms with van der Waals surface area (Å²) in [4.78, 5) is 23.1. The second kappa shape index (κ2) is 24.7. The third-order valence-electron chi connectivity index (χ3n) is 13.3. The van der Waals surface area contributed by atoms with Crippen LogP contribution in [0.3, 0.4) is 0 Å². The molecule has 63 heavy (non-hydrogen) atoms. The van der Waals surface area contributed by atoms with Gasteiger partial charge in [0.15, 0.2) is 11.5 Å². The van der Waals surface area contributed by atoms with Crippen LogP contribution >= 0.6 is 0 Å². The zero-order valence-electron chi connectivity index (χ0n) is 38.1. The Morgan fingerprint density at radius 2 is 1.57 bits per heavy atom. The molecule has 0 spiro atoms. The van der Waals surface area contributed by atoms with Crippen molar-refractivity contribution in [3.05, 3.63) is 84.5 Å². The van der Waals surface area contributed by atoms with Crippen LogP contribution in [0.5, 0.6) is 23.0 Å². The number of benzene rings is 2. The van der Waals surface area contributed by atoms with E-state index in [4.69, 9.17) is 33.7 Å². The van der Waals surface area contributed by atoms with Crippen molar-refractivity contribution >= 4 is 11.6 Å². The van der Waals surface area contributed by atoms with Crippen molar-refractivity contribution in [1.82, 2.24) is 4.90 Å². The molecule has 4 aliphatic rings. The molecule has 2 aromatic rings. The lowest BCUT2D eigenvalue weighted by molar-refractivity contribution is -0.258. The van der Waals surface area contributed by atoms with Gasteiger partial charge in [-0.2, -0.15) is 0 Å². The molecule has 1 amide bonds. The smallest absolute Gasteiger partial charge is 0.239 e. The fourth-order valence-electron chi connectivity index (χ4n) is 10.4. The number of amides is 1. The predicted molar refractivity (Wildman–Crippen MR) is 247 cm³/mol. The summed E-state index contributed by atoms with van der Waals surface area (Å²) in [5.74, 6) is 1.14. The molecule has 6 unspecified atom stereocenters. The average molecular weight is 871 g/mol. The Morgan fingerprint density at radius 3 is 2.30 bits per heavy atom. The highest BCUT2D eigenvalue weighted by Crippen LogP contribution is 2.62. The lowest BCUT2D eigenvalue weighted by Gasteiger charge is -2.60. The second-order valence-corrected chi connectivity index (χ2v) is 17.6. The molecule has 2 aromatic carbocycles. The molecule has 0 saturated heterocycles. The van der Waals surface area contributed by atoms with Crippen LogP contribution < -0.4 is 18.9 Å². The number of fused-ring (bicyclic) bond motifs is 3. The summed E-state index contributed by atoms with van der Waals surface area (Å²) in [5, 5.41) is 24.7. The van der Waals surface area contributed by atoms with E-state index >= 15 is 4.79 Å². The van der Waals surface area contributed by atoms with E-state index in [9.17, 15) is 10.2 Å². The maximum atomic E-state index is 15.2. The molecule has 0 aromatic heterocycles. The molecule has 1 fully saturated rings. The summed E-state index contributed by atoms with van der Waals surface area (Å²) in [5.41, 5.74) is 3.73. The highest BCUT2D eigenvalue weighted by Gasteiger charge is 2.65. The van der Waals surface area contributed by atoms with Gasteiger partial charge in [-0.3, -0.25) is 4.79 Å². The summed E-state index contributed by atoms with van der Waals surface area (Å²) in [6.07, 6.45) is 21.8. The zero-order valence-corrected chi connectivity index (χ0v) is 38.1. The SMILES string of the molecule is C=CCOc1ccc2c(c1)C1C(CCCCO)C(CCCCO)C=C3C(=NOCC)CC(N(Cc4ccc5c(c4)OCO5)C(=O)CCCCCCCCCCC)C(OCC=C)(O2)C31. The van der Waals surface area contributed by atoms with Crippen LogP contribution in [-0.2, 0) is 20.9 Å². The average Bonchev–Trinajstić information content (AvgIpc) is 3.77. The van der Waals surface area contributed by atoms with Crippen LogP contribution in [-0.4, -0.2) is 78.4 Å². The number of carbonyl (C=O) groups excluding carboxylic acids is 1. The van der Waals surface area contributed by atoms with Crippen molar-refractivity contribution < 1.29 is 43.5 Å². The van der Waals surface area contributed by atoms with Gasteiger partial charge in [-0.15, -0.1) is 6.58 Å². The highest BCUT2D eigenvalue weighted by molar-refractivity contribution is 6.03. The van der Waals surface area contributed by atoms with Crippen molar-refractivity contribution in [2.24, 2.45) is 22.9 Å². The number of nitrogens with zero attached hydrogens (tertiary/aromatic N) is 2. The maximum absolute atomic E-state index is 15.2. The maximum Gasteiger partial charge on any atom is 0.239 e. The molecule has 346 valence electrons. The van der Waals surface area contributed by atoms with Crippen LogP contribution in [0.4, 0.5) is 0 Å². The van der Waals surface area contributed by atoms with E-state index in [1.54, 1.807) is 12.2 Å². The number of rotatable bonds is 29. The Morgan fingerprint density at radius 1 is 0.857 bits per heavy atom. The molecule has 2 aliphatic carbocycles. The standard InChI is InChI=1S/C52H74N2O9/c1-5-9-10-11-12-13-14-15-16-23-49(57)54(36-38-24-26-46-47(32-38)60-37-59-46)48-35-44(53-62-8-4)42-33-39(21-17-19-28-55)41(22-18-20-29-56)50-43-34-40(58-30-6-2)25-27-45(43)63-52(48,51(42)50)61-31-7-3/h6-7,24-27,32-34,39,41,48,50-51,55-56H,2-3,5,8-23,28-31,35-37H2,1,4H3. The molecule has 11 nitrogen and oxygen atoms in total. The molecule has 6 rings (SSSR count). The van der Waals surface area contributed by atoms with Crippen molar-refractivity contribution in [3.8, 4) is 23.0 Å². The number of hydrogen-bond acceptors (Lipinski definition) is 10. The molecular weight excluding hydrogens is 797 g/mol. The van der Waals surface area contributed by atoms with Crippen molar-refractivity contribution in [2.75, 3.05) is 39.8 Å². The Labute approximate surface area is 376 Å². The van der Waals surface area contributed by atoms with E-state index < -0.39 is 17.7 Å². The van der Waals surface area contributed by atoms with Gasteiger partial charge in [0.2, 0.25) is 18.5 Å². The number of unbranched alkanes of at least 4 members (excludes halogenated alkanes) is 10. The van der Waals surface area contributed by atoms with Gasteiger partial charge >= 0.3 is 0 Å². The van der Waals surface area contributed by atoms with Gasteiger partial charge in [0, 0.05) is 44.1 Å². The van der Waals surface area contributed by atoms with Crippen LogP contribution in [0.15, 0.2) is 78.5 Å². The lowest BCUT2D eigenvalue weighted by atomic mass is 9.55. The molecule has 2 aliphatic heterocycles. The summed E-state index contributed by atoms with van der Waals surface area (Å²) >= 11 is 0. The van der Waals surface area contributed by atoms with Crippen LogP contribution in [0, 0.1) is 17.8 Å². The van der Waals surface area contributed by atoms with Crippen LogP contribution in [0.1, 0.15) is 140 Å². The monoisotopic (exact) mass is 871 g/mol. The van der Waals surface area contributed by atoms with E-state index in [0.717, 1.165) is 73.1 Å². The van der Waals surface area contributed by atoms with Gasteiger partial charge < -0.3 is 43.6 Å². The first-order valence-electron chi connectivity index (χ1n) is 24.0. The first kappa shape index (κ1) is 48.1. The van der Waals surface area contributed by atoms with E-state index in [-0.39, 0.29) is 50.3 Å². The zero-order chi connectivity index (χ0) is 44.4. The van der Waals surface area contributed by atoms with Gasteiger partial charge in [0.1, 0.15) is 30.8 Å². The normalized spacial score (nSPS) is 23.6. The topological polar surface area (TPSA) is 129 Å². The minimum atomic E-state index is -1.35. The Bertz CT molecular complexity index is 1850. The van der Waals surface area contributed by atoms with Gasteiger partial charge in [0.25, 0.3) is 0 Å². The van der Waals surface area contributed by atoms with Crippen molar-refractivity contribution in [2.45, 2.75) is 147 Å². The molecule has 6 atom stereocenters. The molecule has 11 heteroatoms. The van der Waals surface area contributed by atoms with Gasteiger partial charge in [-0.1, -0.05) is 107 Å². The third-order valence-corrected chi connectivity index (χ3v) is 13.3. The second-order valence-electron chi connectivity index (χ2n) is 17.6. The number of aliphatic hydroxyl groups excluding tert-OH is 2. The first-order chi connectivity index (χ1) is 30.9. The minimum absolute atomic E-state index is 0.0293. The van der Waals surface area contributed by atoms with Gasteiger partial charge in [-0.25, -0.2) is 0 Å². The number of allylic oxidation sites excluding steroid dienone is 1. The van der Waals surface area contributed by atoms with E-state index in [1.807, 2.05) is 42.2 Å². The van der Waals surface area contributed by atoms with Gasteiger partial charge in [-0.05, 0) is 92.3 Å². The Hall–Kier alpha value is -4.32. The van der Waals surface area contributed by atoms with Crippen molar-refractivity contribution in [3.63, 3.8) is 0 Å². The van der Waals surface area contributed by atoms with E-state index in [1.165, 1.54) is 38.5 Å². The number of aliphatic hydroxyl groups is 2. The lowest BCUT2D eigenvalue weighted by Crippen LogP contribution is -2.70. The fraction of sp³-hybridized carbons (Fsp3) is 0.615. The largest absolute Gasteiger partial charge is 0.490 e. The number of hydrogen-bond donors (Lipinski definition) is 2. The predicted octanol–water partition coefficient (Wildman–Crippen LogP) is 10.6. The molecule has 2 N–H and O–H groups in total. The van der Waals surface area contributed by atoms with Crippen molar-refractivity contribution in [1.29, 1.82) is 0 Å². The van der Waals surface area contributed by atoms with Crippen LogP contribution in [0.2, 0.25) is 0 Å². The minimum Gasteiger partial charge on any atom is -0.490 e. The van der Waals surface area contributed by atoms with Crippen LogP contribution in [0.25, 0.3) is 0 Å². The highest BCUT2D eigenvalue weighted by atomic mass is 16.7. The summed E-state index contributed by atoms with van der Waals surface area (Å²) in [7, 11) is 0. The fourth-order valence-corrected chi connectivity index (χ4v) is 10.4. The van der Waals surface area contributed by atoms with Gasteiger partial charge in [0.05, 0.1) is 18.2 Å². The van der Waals surface area contributed by atoms with E-state index in [0.29, 0.717) is 62.7 Å². The molecule has 2 heterocycles. The Kier molecular flexibility index (Phi) is 18.8. The quantitative estimate of drug-likeness (QED) is 0.0466. The molecular formula is C52H74N2O9. The number of carbonyl (C=O) groups is 1.